The number of halogens is 1. The highest BCUT2D eigenvalue weighted by Gasteiger charge is 2.24. The molecule has 1 heterocycles. The molecule has 0 radical (unpaired) electrons. The molecule has 0 bridgehead atoms. The van der Waals surface area contributed by atoms with Gasteiger partial charge in [0.15, 0.2) is 0 Å². The number of rotatable bonds is 1. The van der Waals surface area contributed by atoms with Crippen LogP contribution >= 0.6 is 0 Å². The molecular formula is C10H10FNO. The number of hydrogen-bond donors (Lipinski definition) is 1. The van der Waals surface area contributed by atoms with Crippen molar-refractivity contribution in [1.82, 2.24) is 5.32 Å². The van der Waals surface area contributed by atoms with Crippen LogP contribution in [-0.2, 0) is 0 Å². The number of carbonyl (C=O) groups is 1. The Hall–Kier alpha value is -1.38. The van der Waals surface area contributed by atoms with Crippen molar-refractivity contribution in [1.29, 1.82) is 0 Å². The second-order valence-corrected chi connectivity index (χ2v) is 3.15. The van der Waals surface area contributed by atoms with E-state index in [1.54, 1.807) is 12.1 Å². The minimum Gasteiger partial charge on any atom is -0.351 e. The van der Waals surface area contributed by atoms with E-state index < -0.39 is 6.67 Å². The number of alkyl halides is 1. The Labute approximate surface area is 75.8 Å². The summed E-state index contributed by atoms with van der Waals surface area (Å²) in [5.74, 6) is -0.269. The van der Waals surface area contributed by atoms with Gasteiger partial charge in [-0.05, 0) is 11.6 Å². The molecule has 0 saturated carbocycles. The first-order valence-corrected chi connectivity index (χ1v) is 4.26. The van der Waals surface area contributed by atoms with Gasteiger partial charge < -0.3 is 5.32 Å². The van der Waals surface area contributed by atoms with E-state index in [4.69, 9.17) is 0 Å². The maximum atomic E-state index is 12.5. The van der Waals surface area contributed by atoms with Crippen molar-refractivity contribution in [2.75, 3.05) is 13.2 Å². The summed E-state index contributed by atoms with van der Waals surface area (Å²) in [6.45, 7) is -0.0103. The zero-order chi connectivity index (χ0) is 9.26. The van der Waals surface area contributed by atoms with E-state index in [0.717, 1.165) is 5.56 Å². The van der Waals surface area contributed by atoms with E-state index >= 15 is 0 Å². The third-order valence-electron chi connectivity index (χ3n) is 2.34. The van der Waals surface area contributed by atoms with Crippen molar-refractivity contribution >= 4 is 5.91 Å². The number of amides is 1. The summed E-state index contributed by atoms with van der Waals surface area (Å²) in [6.07, 6.45) is 0. The number of benzene rings is 1. The highest BCUT2D eigenvalue weighted by atomic mass is 19.1. The van der Waals surface area contributed by atoms with Gasteiger partial charge in [0.2, 0.25) is 0 Å². The quantitative estimate of drug-likeness (QED) is 0.695. The van der Waals surface area contributed by atoms with Gasteiger partial charge in [-0.25, -0.2) is 0 Å². The molecule has 0 aromatic heterocycles. The first kappa shape index (κ1) is 8.23. The molecule has 0 aliphatic carbocycles. The highest BCUT2D eigenvalue weighted by molar-refractivity contribution is 5.97. The number of nitrogens with one attached hydrogen (secondary N) is 1. The van der Waals surface area contributed by atoms with E-state index in [1.807, 2.05) is 12.1 Å². The fourth-order valence-corrected chi connectivity index (χ4v) is 1.62. The second-order valence-electron chi connectivity index (χ2n) is 3.15. The van der Waals surface area contributed by atoms with E-state index in [9.17, 15) is 9.18 Å². The Bertz CT molecular complexity index is 337. The summed E-state index contributed by atoms with van der Waals surface area (Å²) in [7, 11) is 0. The second kappa shape index (κ2) is 3.17. The lowest BCUT2D eigenvalue weighted by Gasteiger charge is -2.23. The molecular weight excluding hydrogens is 169 g/mol. The monoisotopic (exact) mass is 179 g/mol. The fraction of sp³-hybridized carbons (Fsp3) is 0.300. The molecule has 1 atom stereocenters. The largest absolute Gasteiger partial charge is 0.351 e. The molecule has 3 heteroatoms. The van der Waals surface area contributed by atoms with Crippen LogP contribution < -0.4 is 5.32 Å². The summed E-state index contributed by atoms with van der Waals surface area (Å²) in [5, 5.41) is 2.66. The van der Waals surface area contributed by atoms with Crippen LogP contribution in [0.3, 0.4) is 0 Å². The van der Waals surface area contributed by atoms with Crippen molar-refractivity contribution < 1.29 is 9.18 Å². The van der Waals surface area contributed by atoms with Crippen LogP contribution in [-0.4, -0.2) is 19.1 Å². The van der Waals surface area contributed by atoms with Gasteiger partial charge in [-0.3, -0.25) is 9.18 Å². The van der Waals surface area contributed by atoms with E-state index in [1.165, 1.54) is 0 Å². The van der Waals surface area contributed by atoms with Crippen LogP contribution in [0.25, 0.3) is 0 Å². The zero-order valence-electron chi connectivity index (χ0n) is 7.09. The summed E-state index contributed by atoms with van der Waals surface area (Å²) in [4.78, 5) is 11.3. The minimum absolute atomic E-state index is 0.0969. The summed E-state index contributed by atoms with van der Waals surface area (Å²) in [6, 6.07) is 7.17. The molecule has 1 aliphatic heterocycles. The predicted molar refractivity (Wildman–Crippen MR) is 47.5 cm³/mol. The average molecular weight is 179 g/mol. The van der Waals surface area contributed by atoms with Crippen LogP contribution in [0.15, 0.2) is 24.3 Å². The Balaban J connectivity index is 2.47. The van der Waals surface area contributed by atoms with E-state index in [0.29, 0.717) is 12.1 Å². The third kappa shape index (κ3) is 1.30. The normalized spacial score (nSPS) is 20.7. The molecule has 1 aliphatic rings. The fourth-order valence-electron chi connectivity index (χ4n) is 1.62. The average Bonchev–Trinajstić information content (AvgIpc) is 2.19. The third-order valence-corrected chi connectivity index (χ3v) is 2.34. The van der Waals surface area contributed by atoms with Crippen molar-refractivity contribution in [3.8, 4) is 0 Å². The SMILES string of the molecule is O=C1NCC(CF)c2ccccc21. The summed E-state index contributed by atoms with van der Waals surface area (Å²) < 4.78 is 12.5. The molecule has 0 saturated heterocycles. The molecule has 2 nitrogen and oxygen atoms in total. The summed E-state index contributed by atoms with van der Waals surface area (Å²) >= 11 is 0. The molecule has 1 amide bonds. The van der Waals surface area contributed by atoms with Gasteiger partial charge in [-0.2, -0.15) is 0 Å². The molecule has 68 valence electrons. The molecule has 1 aromatic carbocycles. The highest BCUT2D eigenvalue weighted by Crippen LogP contribution is 2.23. The van der Waals surface area contributed by atoms with Gasteiger partial charge in [0, 0.05) is 18.0 Å². The van der Waals surface area contributed by atoms with Gasteiger partial charge in [0.05, 0.1) is 6.67 Å². The van der Waals surface area contributed by atoms with Crippen molar-refractivity contribution in [3.05, 3.63) is 35.4 Å². The van der Waals surface area contributed by atoms with Gasteiger partial charge in [-0.1, -0.05) is 18.2 Å². The summed E-state index contributed by atoms with van der Waals surface area (Å²) in [5.41, 5.74) is 1.44. The predicted octanol–water partition coefficient (Wildman–Crippen LogP) is 1.48. The molecule has 2 rings (SSSR count). The minimum atomic E-state index is -0.419. The van der Waals surface area contributed by atoms with Gasteiger partial charge in [0.25, 0.3) is 5.91 Å². The lowest BCUT2D eigenvalue weighted by atomic mass is 9.91. The van der Waals surface area contributed by atoms with Crippen LogP contribution in [0.1, 0.15) is 21.8 Å². The zero-order valence-corrected chi connectivity index (χ0v) is 7.09. The smallest absolute Gasteiger partial charge is 0.251 e. The van der Waals surface area contributed by atoms with E-state index in [-0.39, 0.29) is 11.8 Å². The first-order valence-electron chi connectivity index (χ1n) is 4.26. The maximum Gasteiger partial charge on any atom is 0.251 e. The van der Waals surface area contributed by atoms with Gasteiger partial charge >= 0.3 is 0 Å². The Morgan fingerprint density at radius 3 is 3.00 bits per heavy atom. The molecule has 13 heavy (non-hydrogen) atoms. The standard InChI is InChI=1S/C10H10FNO/c11-5-7-6-12-10(13)9-4-2-1-3-8(7)9/h1-4,7H,5-6H2,(H,12,13). The van der Waals surface area contributed by atoms with Crippen LogP contribution in [0.5, 0.6) is 0 Å². The van der Waals surface area contributed by atoms with Crippen molar-refractivity contribution in [2.45, 2.75) is 5.92 Å². The molecule has 1 aromatic rings. The Kier molecular flexibility index (Phi) is 2.00. The first-order chi connectivity index (χ1) is 6.33. The molecule has 0 fully saturated rings. The van der Waals surface area contributed by atoms with Crippen molar-refractivity contribution in [3.63, 3.8) is 0 Å². The van der Waals surface area contributed by atoms with Crippen molar-refractivity contribution in [2.24, 2.45) is 0 Å². The Morgan fingerprint density at radius 2 is 2.23 bits per heavy atom. The maximum absolute atomic E-state index is 12.5. The molecule has 0 spiro atoms. The van der Waals surface area contributed by atoms with Crippen LogP contribution in [0.4, 0.5) is 4.39 Å². The van der Waals surface area contributed by atoms with Crippen LogP contribution in [0, 0.1) is 0 Å². The van der Waals surface area contributed by atoms with Crippen LogP contribution in [0.2, 0.25) is 0 Å². The lowest BCUT2D eigenvalue weighted by Crippen LogP contribution is -2.35. The lowest BCUT2D eigenvalue weighted by molar-refractivity contribution is 0.0938. The number of hydrogen-bond acceptors (Lipinski definition) is 1. The Morgan fingerprint density at radius 1 is 1.46 bits per heavy atom. The van der Waals surface area contributed by atoms with E-state index in [2.05, 4.69) is 5.32 Å². The topological polar surface area (TPSA) is 29.1 Å². The molecule has 1 N–H and O–H groups in total. The molecule has 1 unspecified atom stereocenters. The number of fused-ring (bicyclic) bond motifs is 1. The number of carbonyl (C=O) groups excluding carboxylic acids is 1. The van der Waals surface area contributed by atoms with Gasteiger partial charge in [0.1, 0.15) is 0 Å². The van der Waals surface area contributed by atoms with Gasteiger partial charge in [-0.15, -0.1) is 0 Å².